The van der Waals surface area contributed by atoms with Crippen LogP contribution in [0.3, 0.4) is 0 Å². The van der Waals surface area contributed by atoms with E-state index in [1.165, 1.54) is 5.56 Å². The summed E-state index contributed by atoms with van der Waals surface area (Å²) in [7, 11) is 0. The van der Waals surface area contributed by atoms with Gasteiger partial charge in [-0.3, -0.25) is 5.10 Å². The van der Waals surface area contributed by atoms with E-state index in [1.807, 2.05) is 12.3 Å². The molecule has 3 heteroatoms. The third kappa shape index (κ3) is 2.18. The number of H-pyrrole nitrogens is 1. The average Bonchev–Trinajstić information content (AvgIpc) is 2.71. The van der Waals surface area contributed by atoms with Crippen molar-refractivity contribution < 1.29 is 0 Å². The highest BCUT2D eigenvalue weighted by molar-refractivity contribution is 5.62. The van der Waals surface area contributed by atoms with Crippen LogP contribution in [0.15, 0.2) is 36.7 Å². The molecule has 0 amide bonds. The maximum absolute atomic E-state index is 3.91. The molecule has 0 fully saturated rings. The Balaban J connectivity index is 2.28. The number of aromatic amines is 1. The highest BCUT2D eigenvalue weighted by atomic mass is 15.1. The van der Waals surface area contributed by atoms with Crippen LogP contribution in [0, 0.1) is 0 Å². The summed E-state index contributed by atoms with van der Waals surface area (Å²) in [5, 5.41) is 10.0. The molecule has 3 nitrogen and oxygen atoms in total. The van der Waals surface area contributed by atoms with E-state index in [2.05, 4.69) is 47.6 Å². The van der Waals surface area contributed by atoms with Crippen molar-refractivity contribution in [2.24, 2.45) is 0 Å². The van der Waals surface area contributed by atoms with Gasteiger partial charge in [-0.2, -0.15) is 5.10 Å². The quantitative estimate of drug-likeness (QED) is 0.800. The standard InChI is InChI=1S/C12H15N3/c1-9(2)11-5-3-4-6-12(11)15-10-7-13-14-8-10/h3-9,15H,1-2H3,(H,13,14). The summed E-state index contributed by atoms with van der Waals surface area (Å²) in [5.41, 5.74) is 3.45. The molecular formula is C12H15N3. The predicted molar refractivity (Wildman–Crippen MR) is 62.4 cm³/mol. The predicted octanol–water partition coefficient (Wildman–Crippen LogP) is 3.28. The Morgan fingerprint density at radius 2 is 2.07 bits per heavy atom. The third-order valence-electron chi connectivity index (χ3n) is 2.36. The molecule has 0 radical (unpaired) electrons. The Hall–Kier alpha value is -1.77. The van der Waals surface area contributed by atoms with Crippen molar-refractivity contribution in [1.29, 1.82) is 0 Å². The summed E-state index contributed by atoms with van der Waals surface area (Å²) in [6, 6.07) is 8.33. The van der Waals surface area contributed by atoms with Crippen LogP contribution in [0.1, 0.15) is 25.3 Å². The Morgan fingerprint density at radius 3 is 2.73 bits per heavy atom. The molecule has 0 aliphatic heterocycles. The van der Waals surface area contributed by atoms with Gasteiger partial charge in [0.2, 0.25) is 0 Å². The summed E-state index contributed by atoms with van der Waals surface area (Å²) >= 11 is 0. The second-order valence-corrected chi connectivity index (χ2v) is 3.85. The number of benzene rings is 1. The van der Waals surface area contributed by atoms with Crippen LogP contribution in [0.2, 0.25) is 0 Å². The first-order valence-electron chi connectivity index (χ1n) is 5.12. The van der Waals surface area contributed by atoms with Crippen LogP contribution >= 0.6 is 0 Å². The van der Waals surface area contributed by atoms with E-state index >= 15 is 0 Å². The lowest BCUT2D eigenvalue weighted by atomic mass is 10.0. The smallest absolute Gasteiger partial charge is 0.0767 e. The molecule has 0 unspecified atom stereocenters. The molecule has 0 atom stereocenters. The average molecular weight is 201 g/mol. The number of hydrogen-bond acceptors (Lipinski definition) is 2. The first kappa shape index (κ1) is 9.77. The Kier molecular flexibility index (Phi) is 2.72. The molecule has 0 saturated heterocycles. The van der Waals surface area contributed by atoms with E-state index < -0.39 is 0 Å². The summed E-state index contributed by atoms with van der Waals surface area (Å²) in [6.07, 6.45) is 3.62. The fraction of sp³-hybridized carbons (Fsp3) is 0.250. The normalized spacial score (nSPS) is 10.6. The fourth-order valence-corrected chi connectivity index (χ4v) is 1.59. The fourth-order valence-electron chi connectivity index (χ4n) is 1.59. The molecular weight excluding hydrogens is 186 g/mol. The van der Waals surface area contributed by atoms with Gasteiger partial charge in [0.25, 0.3) is 0 Å². The van der Waals surface area contributed by atoms with E-state index in [9.17, 15) is 0 Å². The molecule has 0 spiro atoms. The number of hydrogen-bond donors (Lipinski definition) is 2. The first-order valence-corrected chi connectivity index (χ1v) is 5.12. The molecule has 15 heavy (non-hydrogen) atoms. The number of nitrogens with one attached hydrogen (secondary N) is 2. The van der Waals surface area contributed by atoms with Crippen molar-refractivity contribution in [3.63, 3.8) is 0 Å². The van der Waals surface area contributed by atoms with Crippen molar-refractivity contribution in [2.45, 2.75) is 19.8 Å². The lowest BCUT2D eigenvalue weighted by Crippen LogP contribution is -1.96. The van der Waals surface area contributed by atoms with Gasteiger partial charge in [-0.25, -0.2) is 0 Å². The van der Waals surface area contributed by atoms with Gasteiger partial charge in [-0.05, 0) is 17.5 Å². The minimum absolute atomic E-state index is 0.514. The number of anilines is 2. The summed E-state index contributed by atoms with van der Waals surface area (Å²) < 4.78 is 0. The van der Waals surface area contributed by atoms with Gasteiger partial charge in [0.05, 0.1) is 11.9 Å². The minimum Gasteiger partial charge on any atom is -0.353 e. The molecule has 2 aromatic rings. The topological polar surface area (TPSA) is 40.7 Å². The lowest BCUT2D eigenvalue weighted by molar-refractivity contribution is 0.869. The number of aromatic nitrogens is 2. The van der Waals surface area contributed by atoms with E-state index in [0.717, 1.165) is 11.4 Å². The largest absolute Gasteiger partial charge is 0.353 e. The molecule has 0 saturated carbocycles. The molecule has 78 valence electrons. The SMILES string of the molecule is CC(C)c1ccccc1Nc1cn[nH]c1. The van der Waals surface area contributed by atoms with Gasteiger partial charge in [-0.1, -0.05) is 32.0 Å². The zero-order valence-corrected chi connectivity index (χ0v) is 8.99. The molecule has 1 aromatic heterocycles. The zero-order valence-electron chi connectivity index (χ0n) is 8.99. The molecule has 0 aliphatic carbocycles. The highest BCUT2D eigenvalue weighted by Crippen LogP contribution is 2.26. The second-order valence-electron chi connectivity index (χ2n) is 3.85. The van der Waals surface area contributed by atoms with E-state index in [0.29, 0.717) is 5.92 Å². The van der Waals surface area contributed by atoms with Crippen LogP contribution in [0.4, 0.5) is 11.4 Å². The number of para-hydroxylation sites is 1. The van der Waals surface area contributed by atoms with Crippen molar-refractivity contribution in [3.8, 4) is 0 Å². The second kappa shape index (κ2) is 4.17. The van der Waals surface area contributed by atoms with Gasteiger partial charge in [0.1, 0.15) is 0 Å². The molecule has 2 N–H and O–H groups in total. The summed E-state index contributed by atoms with van der Waals surface area (Å²) in [6.45, 7) is 4.38. The van der Waals surface area contributed by atoms with Crippen LogP contribution in [-0.2, 0) is 0 Å². The number of rotatable bonds is 3. The third-order valence-corrected chi connectivity index (χ3v) is 2.36. The van der Waals surface area contributed by atoms with Crippen molar-refractivity contribution in [3.05, 3.63) is 42.2 Å². The molecule has 1 aromatic carbocycles. The molecule has 2 rings (SSSR count). The van der Waals surface area contributed by atoms with Gasteiger partial charge in [-0.15, -0.1) is 0 Å². The van der Waals surface area contributed by atoms with E-state index in [4.69, 9.17) is 0 Å². The van der Waals surface area contributed by atoms with Gasteiger partial charge < -0.3 is 5.32 Å². The van der Waals surface area contributed by atoms with Crippen LogP contribution in [-0.4, -0.2) is 10.2 Å². The molecule has 0 bridgehead atoms. The minimum atomic E-state index is 0.514. The monoisotopic (exact) mass is 201 g/mol. The first-order chi connectivity index (χ1) is 7.27. The van der Waals surface area contributed by atoms with Crippen LogP contribution < -0.4 is 5.32 Å². The Morgan fingerprint density at radius 1 is 1.27 bits per heavy atom. The summed E-state index contributed by atoms with van der Waals surface area (Å²) in [5.74, 6) is 0.514. The summed E-state index contributed by atoms with van der Waals surface area (Å²) in [4.78, 5) is 0. The number of nitrogens with zero attached hydrogens (tertiary/aromatic N) is 1. The van der Waals surface area contributed by atoms with Gasteiger partial charge in [0, 0.05) is 11.9 Å². The van der Waals surface area contributed by atoms with Crippen molar-refractivity contribution in [1.82, 2.24) is 10.2 Å². The Labute approximate surface area is 89.5 Å². The van der Waals surface area contributed by atoms with Crippen molar-refractivity contribution >= 4 is 11.4 Å². The van der Waals surface area contributed by atoms with Crippen LogP contribution in [0.5, 0.6) is 0 Å². The Bertz CT molecular complexity index is 418. The van der Waals surface area contributed by atoms with Gasteiger partial charge in [0.15, 0.2) is 0 Å². The maximum atomic E-state index is 3.91. The molecule has 1 heterocycles. The van der Waals surface area contributed by atoms with Crippen LogP contribution in [0.25, 0.3) is 0 Å². The van der Waals surface area contributed by atoms with E-state index in [1.54, 1.807) is 6.20 Å². The molecule has 0 aliphatic rings. The van der Waals surface area contributed by atoms with Crippen molar-refractivity contribution in [2.75, 3.05) is 5.32 Å². The van der Waals surface area contributed by atoms with E-state index in [-0.39, 0.29) is 0 Å². The van der Waals surface area contributed by atoms with Gasteiger partial charge >= 0.3 is 0 Å². The zero-order chi connectivity index (χ0) is 10.7. The lowest BCUT2D eigenvalue weighted by Gasteiger charge is -2.12. The maximum Gasteiger partial charge on any atom is 0.0767 e. The highest BCUT2D eigenvalue weighted by Gasteiger charge is 2.05.